The van der Waals surface area contributed by atoms with Gasteiger partial charge in [-0.3, -0.25) is 4.79 Å². The first-order chi connectivity index (χ1) is 7.13. The van der Waals surface area contributed by atoms with Crippen LogP contribution >= 0.6 is 0 Å². The molecule has 1 aromatic rings. The van der Waals surface area contributed by atoms with Gasteiger partial charge in [0.25, 0.3) is 0 Å². The number of carbonyl (C=O) groups is 1. The van der Waals surface area contributed by atoms with Crippen LogP contribution in [-0.2, 0) is 9.53 Å². The van der Waals surface area contributed by atoms with Gasteiger partial charge in [0.2, 0.25) is 0 Å². The van der Waals surface area contributed by atoms with Gasteiger partial charge < -0.3 is 15.6 Å². The summed E-state index contributed by atoms with van der Waals surface area (Å²) in [6.07, 6.45) is -0.271. The van der Waals surface area contributed by atoms with E-state index >= 15 is 0 Å². The van der Waals surface area contributed by atoms with Crippen molar-refractivity contribution in [3.8, 4) is 0 Å². The fraction of sp³-hybridized carbons (Fsp3) is 0.364. The first-order valence-electron chi connectivity index (χ1n) is 4.89. The van der Waals surface area contributed by atoms with E-state index in [0.717, 1.165) is 11.1 Å². The minimum atomic E-state index is -1.25. The van der Waals surface area contributed by atoms with E-state index in [4.69, 9.17) is 15.6 Å². The molecule has 4 nitrogen and oxygen atoms in total. The maximum atomic E-state index is 11.1. The Labute approximate surface area is 86.7 Å². The van der Waals surface area contributed by atoms with Crippen molar-refractivity contribution in [3.63, 3.8) is 0 Å². The minimum Gasteiger partial charge on any atom is -0.480 e. The van der Waals surface area contributed by atoms with Crippen molar-refractivity contribution in [2.45, 2.75) is 24.2 Å². The number of aliphatic carboxylic acids is 1. The number of hydrogen-bond donors (Lipinski definition) is 2. The van der Waals surface area contributed by atoms with Gasteiger partial charge in [-0.15, -0.1) is 0 Å². The van der Waals surface area contributed by atoms with Crippen molar-refractivity contribution in [2.75, 3.05) is 0 Å². The molecule has 0 radical (unpaired) electrons. The smallest absolute Gasteiger partial charge is 0.326 e. The van der Waals surface area contributed by atoms with E-state index in [1.807, 2.05) is 24.3 Å². The number of ether oxygens (including phenoxy) is 1. The lowest BCUT2D eigenvalue weighted by atomic mass is 9.78. The lowest BCUT2D eigenvalue weighted by Gasteiger charge is -2.27. The van der Waals surface area contributed by atoms with Crippen LogP contribution in [0.25, 0.3) is 0 Å². The second-order valence-electron chi connectivity index (χ2n) is 4.18. The molecule has 2 heterocycles. The summed E-state index contributed by atoms with van der Waals surface area (Å²) in [4.78, 5) is 11.1. The summed E-state index contributed by atoms with van der Waals surface area (Å²) in [5.41, 5.74) is 6.64. The molecular weight excluding hydrogens is 194 g/mol. The van der Waals surface area contributed by atoms with Crippen LogP contribution in [0.3, 0.4) is 0 Å². The quantitative estimate of drug-likeness (QED) is 0.717. The Balaban J connectivity index is 2.13. The summed E-state index contributed by atoms with van der Waals surface area (Å²) in [5.74, 6) is -0.982. The molecule has 3 N–H and O–H groups in total. The predicted octanol–water partition coefficient (Wildman–Crippen LogP) is 0.985. The molecule has 2 aliphatic heterocycles. The highest BCUT2D eigenvalue weighted by molar-refractivity contribution is 5.81. The van der Waals surface area contributed by atoms with Crippen LogP contribution in [-0.4, -0.2) is 16.6 Å². The van der Waals surface area contributed by atoms with Gasteiger partial charge in [0, 0.05) is 6.42 Å². The van der Waals surface area contributed by atoms with Gasteiger partial charge in [0.15, 0.2) is 0 Å². The Morgan fingerprint density at radius 2 is 2.13 bits per heavy atom. The van der Waals surface area contributed by atoms with Crippen molar-refractivity contribution in [1.29, 1.82) is 0 Å². The summed E-state index contributed by atoms with van der Waals surface area (Å²) < 4.78 is 5.61. The number of nitrogens with two attached hydrogens (primary N) is 1. The van der Waals surface area contributed by atoms with E-state index in [0.29, 0.717) is 6.42 Å². The first kappa shape index (κ1) is 8.88. The Bertz CT molecular complexity index is 445. The average Bonchev–Trinajstić information content (AvgIpc) is 2.74. The highest BCUT2D eigenvalue weighted by Gasteiger charge is 2.57. The number of carboxylic acid groups (broad SMARTS) is 1. The molecule has 0 aromatic heterocycles. The molecule has 2 bridgehead atoms. The summed E-state index contributed by atoms with van der Waals surface area (Å²) in [6.45, 7) is 0. The fourth-order valence-electron chi connectivity index (χ4n) is 2.52. The molecule has 0 unspecified atom stereocenters. The van der Waals surface area contributed by atoms with Crippen molar-refractivity contribution >= 4 is 5.97 Å². The van der Waals surface area contributed by atoms with E-state index in [2.05, 4.69) is 0 Å². The van der Waals surface area contributed by atoms with Crippen LogP contribution in [0.5, 0.6) is 0 Å². The molecule has 3 atom stereocenters. The number of rotatable bonds is 1. The monoisotopic (exact) mass is 205 g/mol. The van der Waals surface area contributed by atoms with Crippen molar-refractivity contribution in [2.24, 2.45) is 5.73 Å². The third-order valence-electron chi connectivity index (χ3n) is 3.31. The third-order valence-corrected chi connectivity index (χ3v) is 3.31. The second kappa shape index (κ2) is 2.59. The van der Waals surface area contributed by atoms with E-state index in [1.165, 1.54) is 0 Å². The van der Waals surface area contributed by atoms with Crippen LogP contribution in [0, 0.1) is 0 Å². The molecule has 15 heavy (non-hydrogen) atoms. The highest BCUT2D eigenvalue weighted by atomic mass is 16.5. The lowest BCUT2D eigenvalue weighted by molar-refractivity contribution is -0.145. The zero-order chi connectivity index (χ0) is 10.6. The minimum absolute atomic E-state index is 0.146. The molecule has 4 heteroatoms. The van der Waals surface area contributed by atoms with Crippen LogP contribution in [0.1, 0.15) is 29.8 Å². The molecule has 1 saturated heterocycles. The van der Waals surface area contributed by atoms with Gasteiger partial charge >= 0.3 is 5.97 Å². The van der Waals surface area contributed by atoms with Crippen LogP contribution in [0.4, 0.5) is 0 Å². The van der Waals surface area contributed by atoms with Crippen molar-refractivity contribution in [3.05, 3.63) is 35.4 Å². The summed E-state index contributed by atoms with van der Waals surface area (Å²) in [7, 11) is 0. The van der Waals surface area contributed by atoms with E-state index in [9.17, 15) is 4.79 Å². The average molecular weight is 205 g/mol. The summed E-state index contributed by atoms with van der Waals surface area (Å²) in [6, 6.07) is 7.68. The third kappa shape index (κ3) is 0.952. The normalized spacial score (nSPS) is 36.6. The maximum Gasteiger partial charge on any atom is 0.326 e. The van der Waals surface area contributed by atoms with E-state index in [1.54, 1.807) is 0 Å². The van der Waals surface area contributed by atoms with Crippen LogP contribution in [0.2, 0.25) is 0 Å². The fourth-order valence-corrected chi connectivity index (χ4v) is 2.52. The first-order valence-corrected chi connectivity index (χ1v) is 4.89. The molecule has 2 aliphatic rings. The maximum absolute atomic E-state index is 11.1. The molecule has 1 fully saturated rings. The summed E-state index contributed by atoms with van der Waals surface area (Å²) in [5, 5.41) is 9.12. The van der Waals surface area contributed by atoms with Crippen molar-refractivity contribution < 1.29 is 14.6 Å². The lowest BCUT2D eigenvalue weighted by Crippen LogP contribution is -2.51. The molecule has 0 spiro atoms. The van der Waals surface area contributed by atoms with Gasteiger partial charge in [0.1, 0.15) is 11.6 Å². The Morgan fingerprint density at radius 1 is 1.47 bits per heavy atom. The molecule has 0 amide bonds. The van der Waals surface area contributed by atoms with E-state index < -0.39 is 17.6 Å². The SMILES string of the molecule is N[C@]1(C(=O)O)C[C@H]2O[C@@H]1c1ccccc12. The van der Waals surface area contributed by atoms with Gasteiger partial charge in [-0.25, -0.2) is 0 Å². The number of hydrogen-bond acceptors (Lipinski definition) is 3. The molecule has 0 aliphatic carbocycles. The van der Waals surface area contributed by atoms with Gasteiger partial charge in [-0.05, 0) is 11.1 Å². The predicted molar refractivity (Wildman–Crippen MR) is 52.2 cm³/mol. The molecule has 1 aromatic carbocycles. The number of carboxylic acids is 1. The number of benzene rings is 1. The molecular formula is C11H11NO3. The van der Waals surface area contributed by atoms with Crippen molar-refractivity contribution in [1.82, 2.24) is 0 Å². The van der Waals surface area contributed by atoms with Gasteiger partial charge in [-0.2, -0.15) is 0 Å². The Morgan fingerprint density at radius 3 is 2.80 bits per heavy atom. The van der Waals surface area contributed by atoms with E-state index in [-0.39, 0.29) is 6.10 Å². The highest BCUT2D eigenvalue weighted by Crippen LogP contribution is 2.54. The number of fused-ring (bicyclic) bond motifs is 5. The summed E-state index contributed by atoms with van der Waals surface area (Å²) >= 11 is 0. The van der Waals surface area contributed by atoms with Crippen LogP contribution in [0.15, 0.2) is 24.3 Å². The Hall–Kier alpha value is -1.39. The molecule has 0 saturated carbocycles. The van der Waals surface area contributed by atoms with Crippen LogP contribution < -0.4 is 5.73 Å². The molecule has 78 valence electrons. The zero-order valence-corrected chi connectivity index (χ0v) is 8.01. The topological polar surface area (TPSA) is 72.6 Å². The standard InChI is InChI=1S/C11H11NO3/c12-11(10(13)14)5-8-6-3-1-2-4-7(6)9(11)15-8/h1-4,8-9H,5,12H2,(H,13,14)/t8-,9-,11-/m1/s1. The van der Waals surface area contributed by atoms with Gasteiger partial charge in [-0.1, -0.05) is 24.3 Å². The van der Waals surface area contributed by atoms with Gasteiger partial charge in [0.05, 0.1) is 6.10 Å². The largest absolute Gasteiger partial charge is 0.480 e. The molecule has 3 rings (SSSR count). The zero-order valence-electron chi connectivity index (χ0n) is 8.01. The Kier molecular flexibility index (Phi) is 1.53. The second-order valence-corrected chi connectivity index (χ2v) is 4.18.